The van der Waals surface area contributed by atoms with Gasteiger partial charge in [0.25, 0.3) is 0 Å². The van der Waals surface area contributed by atoms with Gasteiger partial charge in [0, 0.05) is 3.57 Å². The summed E-state index contributed by atoms with van der Waals surface area (Å²) in [5.41, 5.74) is 0.159. The molecule has 0 aliphatic rings. The van der Waals surface area contributed by atoms with Crippen LogP contribution in [-0.2, 0) is 0 Å². The van der Waals surface area contributed by atoms with Gasteiger partial charge in [0.05, 0.1) is 0 Å². The van der Waals surface area contributed by atoms with E-state index in [0.717, 1.165) is 3.57 Å². The third-order valence-electron chi connectivity index (χ3n) is 2.14. The van der Waals surface area contributed by atoms with Gasteiger partial charge in [-0.3, -0.25) is 0 Å². The highest BCUT2D eigenvalue weighted by atomic mass is 127. The zero-order valence-corrected chi connectivity index (χ0v) is 10.9. The zero-order valence-electron chi connectivity index (χ0n) is 8.76. The van der Waals surface area contributed by atoms with Crippen LogP contribution < -0.4 is 4.74 Å². The van der Waals surface area contributed by atoms with E-state index >= 15 is 0 Å². The number of carboxylic acid groups (broad SMARTS) is 1. The summed E-state index contributed by atoms with van der Waals surface area (Å²) in [6.07, 6.45) is 0. The van der Waals surface area contributed by atoms with Crippen LogP contribution in [0.3, 0.4) is 0 Å². The van der Waals surface area contributed by atoms with Crippen molar-refractivity contribution in [3.63, 3.8) is 0 Å². The summed E-state index contributed by atoms with van der Waals surface area (Å²) in [5, 5.41) is 9.02. The van der Waals surface area contributed by atoms with E-state index < -0.39 is 5.97 Å². The highest BCUT2D eigenvalue weighted by Crippen LogP contribution is 2.26. The fraction of sp³-hybridized carbons (Fsp3) is 0. The van der Waals surface area contributed by atoms with E-state index in [9.17, 15) is 4.79 Å². The Morgan fingerprint density at radius 1 is 1.12 bits per heavy atom. The highest BCUT2D eigenvalue weighted by molar-refractivity contribution is 14.1. The summed E-state index contributed by atoms with van der Waals surface area (Å²) in [7, 11) is 0. The van der Waals surface area contributed by atoms with Crippen LogP contribution in [0.5, 0.6) is 11.5 Å². The number of aromatic carboxylic acids is 1. The van der Waals surface area contributed by atoms with Crippen molar-refractivity contribution in [2.45, 2.75) is 0 Å². The third kappa shape index (κ3) is 2.97. The van der Waals surface area contributed by atoms with Crippen LogP contribution in [0.1, 0.15) is 10.4 Å². The first-order chi connectivity index (χ1) is 8.16. The van der Waals surface area contributed by atoms with Crippen molar-refractivity contribution >= 4 is 28.6 Å². The maximum absolute atomic E-state index is 11.0. The molecule has 0 aliphatic carbocycles. The van der Waals surface area contributed by atoms with Crippen molar-refractivity contribution in [3.05, 3.63) is 57.7 Å². The van der Waals surface area contributed by atoms with E-state index in [1.807, 2.05) is 18.2 Å². The van der Waals surface area contributed by atoms with Crippen molar-refractivity contribution in [3.8, 4) is 11.5 Å². The van der Waals surface area contributed by atoms with Gasteiger partial charge in [0.2, 0.25) is 0 Å². The van der Waals surface area contributed by atoms with E-state index in [1.54, 1.807) is 24.3 Å². The number of hydrogen-bond donors (Lipinski definition) is 1. The van der Waals surface area contributed by atoms with Crippen LogP contribution in [0.15, 0.2) is 48.5 Å². The maximum atomic E-state index is 11.0. The van der Waals surface area contributed by atoms with Gasteiger partial charge in [-0.25, -0.2) is 4.79 Å². The molecule has 0 fully saturated rings. The van der Waals surface area contributed by atoms with E-state index in [4.69, 9.17) is 9.84 Å². The second-order valence-corrected chi connectivity index (χ2v) is 4.61. The zero-order chi connectivity index (χ0) is 12.3. The molecule has 3 nitrogen and oxygen atoms in total. The summed E-state index contributed by atoms with van der Waals surface area (Å²) in [4.78, 5) is 11.0. The monoisotopic (exact) mass is 340 g/mol. The molecular formula is C13H9IO3. The fourth-order valence-electron chi connectivity index (χ4n) is 1.39. The SMILES string of the molecule is O=C(O)c1ccccc1Oc1cccc(I)c1. The number of hydrogen-bond acceptors (Lipinski definition) is 2. The van der Waals surface area contributed by atoms with Crippen LogP contribution in [0, 0.1) is 3.57 Å². The van der Waals surface area contributed by atoms with Gasteiger partial charge < -0.3 is 9.84 Å². The Hall–Kier alpha value is -1.56. The minimum atomic E-state index is -0.994. The third-order valence-corrected chi connectivity index (χ3v) is 2.81. The molecular weight excluding hydrogens is 331 g/mol. The van der Waals surface area contributed by atoms with Gasteiger partial charge in [0.15, 0.2) is 0 Å². The average Bonchev–Trinajstić information content (AvgIpc) is 2.29. The normalized spacial score (nSPS) is 9.94. The Morgan fingerprint density at radius 2 is 1.88 bits per heavy atom. The second-order valence-electron chi connectivity index (χ2n) is 3.36. The van der Waals surface area contributed by atoms with Crippen LogP contribution in [0.4, 0.5) is 0 Å². The second kappa shape index (κ2) is 5.18. The van der Waals surface area contributed by atoms with Gasteiger partial charge >= 0.3 is 5.97 Å². The summed E-state index contributed by atoms with van der Waals surface area (Å²) >= 11 is 2.17. The molecule has 17 heavy (non-hydrogen) atoms. The van der Waals surface area contributed by atoms with Crippen molar-refractivity contribution < 1.29 is 14.6 Å². The fourth-order valence-corrected chi connectivity index (χ4v) is 1.90. The molecule has 0 unspecified atom stereocenters. The standard InChI is InChI=1S/C13H9IO3/c14-9-4-3-5-10(8-9)17-12-7-2-1-6-11(12)13(15)16/h1-8H,(H,15,16). The minimum Gasteiger partial charge on any atom is -0.478 e. The largest absolute Gasteiger partial charge is 0.478 e. The topological polar surface area (TPSA) is 46.5 Å². The molecule has 0 radical (unpaired) electrons. The van der Waals surface area contributed by atoms with Crippen LogP contribution in [0.2, 0.25) is 0 Å². The van der Waals surface area contributed by atoms with Crippen molar-refractivity contribution in [2.75, 3.05) is 0 Å². The molecule has 0 heterocycles. The van der Waals surface area contributed by atoms with E-state index in [2.05, 4.69) is 22.6 Å². The highest BCUT2D eigenvalue weighted by Gasteiger charge is 2.10. The molecule has 2 aromatic carbocycles. The number of benzene rings is 2. The van der Waals surface area contributed by atoms with Gasteiger partial charge in [-0.15, -0.1) is 0 Å². The lowest BCUT2D eigenvalue weighted by Gasteiger charge is -2.08. The van der Waals surface area contributed by atoms with E-state index in [0.29, 0.717) is 11.5 Å². The van der Waals surface area contributed by atoms with Gasteiger partial charge in [-0.05, 0) is 52.9 Å². The van der Waals surface area contributed by atoms with Crippen molar-refractivity contribution in [2.24, 2.45) is 0 Å². The Kier molecular flexibility index (Phi) is 3.63. The first kappa shape index (κ1) is 11.9. The number of rotatable bonds is 3. The Labute approximate surface area is 112 Å². The number of para-hydroxylation sites is 1. The van der Waals surface area contributed by atoms with Gasteiger partial charge in [-0.1, -0.05) is 18.2 Å². The summed E-state index contributed by atoms with van der Waals surface area (Å²) in [6, 6.07) is 14.0. The molecule has 0 saturated heterocycles. The molecule has 0 aromatic heterocycles. The molecule has 1 N–H and O–H groups in total. The summed E-state index contributed by atoms with van der Waals surface area (Å²) < 4.78 is 6.60. The number of carboxylic acids is 1. The number of ether oxygens (including phenoxy) is 1. The summed E-state index contributed by atoms with van der Waals surface area (Å²) in [5.74, 6) is -0.0150. The maximum Gasteiger partial charge on any atom is 0.339 e. The quantitative estimate of drug-likeness (QED) is 0.865. The molecule has 0 atom stereocenters. The van der Waals surface area contributed by atoms with Gasteiger partial charge in [0.1, 0.15) is 17.1 Å². The van der Waals surface area contributed by atoms with Crippen LogP contribution in [0.25, 0.3) is 0 Å². The average molecular weight is 340 g/mol. The predicted octanol–water partition coefficient (Wildman–Crippen LogP) is 3.78. The number of carbonyl (C=O) groups is 1. The van der Waals surface area contributed by atoms with E-state index in [-0.39, 0.29) is 5.56 Å². The molecule has 0 saturated carbocycles. The molecule has 86 valence electrons. The first-order valence-corrected chi connectivity index (χ1v) is 6.00. The predicted molar refractivity (Wildman–Crippen MR) is 72.6 cm³/mol. The molecule has 0 amide bonds. The lowest BCUT2D eigenvalue weighted by atomic mass is 10.2. The Bertz CT molecular complexity index is 552. The van der Waals surface area contributed by atoms with Gasteiger partial charge in [-0.2, -0.15) is 0 Å². The lowest BCUT2D eigenvalue weighted by molar-refractivity contribution is 0.0694. The smallest absolute Gasteiger partial charge is 0.339 e. The molecule has 4 heteroatoms. The van der Waals surface area contributed by atoms with Crippen LogP contribution >= 0.6 is 22.6 Å². The lowest BCUT2D eigenvalue weighted by Crippen LogP contribution is -1.99. The molecule has 2 rings (SSSR count). The van der Waals surface area contributed by atoms with Crippen molar-refractivity contribution in [1.29, 1.82) is 0 Å². The summed E-state index contributed by atoms with van der Waals surface area (Å²) in [6.45, 7) is 0. The first-order valence-electron chi connectivity index (χ1n) is 4.92. The molecule has 0 spiro atoms. The van der Waals surface area contributed by atoms with Crippen molar-refractivity contribution in [1.82, 2.24) is 0 Å². The van der Waals surface area contributed by atoms with E-state index in [1.165, 1.54) is 6.07 Å². The molecule has 2 aromatic rings. The number of halogens is 1. The molecule has 0 aliphatic heterocycles. The van der Waals surface area contributed by atoms with Crippen LogP contribution in [-0.4, -0.2) is 11.1 Å². The Morgan fingerprint density at radius 3 is 2.59 bits per heavy atom. The minimum absolute atomic E-state index is 0.159. The molecule has 0 bridgehead atoms. The Balaban J connectivity index is 2.33.